The summed E-state index contributed by atoms with van der Waals surface area (Å²) in [6.45, 7) is 3.56. The largest absolute Gasteiger partial charge is 0.478 e. The zero-order valence-corrected chi connectivity index (χ0v) is 10.8. The standard InChI is InChI=1S/C12H15N3O3/c1-5-7-13-10(15(3)4)9-8(12(16)17)6(2)18-11(9)14-7/h5H2,1-4H3,(H,16,17). The second-order valence-corrected chi connectivity index (χ2v) is 4.23. The van der Waals surface area contributed by atoms with Crippen LogP contribution in [0.1, 0.15) is 28.9 Å². The third kappa shape index (κ3) is 1.79. The van der Waals surface area contributed by atoms with E-state index in [1.807, 2.05) is 21.0 Å². The van der Waals surface area contributed by atoms with E-state index in [2.05, 4.69) is 9.97 Å². The molecule has 0 aromatic carbocycles. The maximum atomic E-state index is 11.3. The van der Waals surface area contributed by atoms with Gasteiger partial charge in [-0.05, 0) is 6.92 Å². The molecule has 0 fully saturated rings. The van der Waals surface area contributed by atoms with Crippen LogP contribution in [0.15, 0.2) is 4.42 Å². The highest BCUT2D eigenvalue weighted by molar-refractivity contribution is 6.07. The van der Waals surface area contributed by atoms with Crippen LogP contribution in [0.2, 0.25) is 0 Å². The molecule has 2 aromatic rings. The molecule has 0 bridgehead atoms. The van der Waals surface area contributed by atoms with Gasteiger partial charge in [-0.2, -0.15) is 4.98 Å². The molecule has 0 radical (unpaired) electrons. The van der Waals surface area contributed by atoms with Gasteiger partial charge >= 0.3 is 5.97 Å². The molecule has 96 valence electrons. The van der Waals surface area contributed by atoms with Gasteiger partial charge in [0, 0.05) is 20.5 Å². The van der Waals surface area contributed by atoms with E-state index in [-0.39, 0.29) is 5.56 Å². The van der Waals surface area contributed by atoms with E-state index < -0.39 is 5.97 Å². The molecule has 0 spiro atoms. The van der Waals surface area contributed by atoms with Crippen LogP contribution in [0.25, 0.3) is 11.1 Å². The average molecular weight is 249 g/mol. The molecule has 6 heteroatoms. The normalized spacial score (nSPS) is 10.9. The van der Waals surface area contributed by atoms with E-state index in [0.717, 1.165) is 0 Å². The van der Waals surface area contributed by atoms with Crippen LogP contribution in [0.5, 0.6) is 0 Å². The molecule has 0 saturated heterocycles. The lowest BCUT2D eigenvalue weighted by molar-refractivity contribution is 0.0697. The van der Waals surface area contributed by atoms with Crippen LogP contribution in [-0.4, -0.2) is 35.1 Å². The van der Waals surface area contributed by atoms with Gasteiger partial charge in [-0.15, -0.1) is 0 Å². The Morgan fingerprint density at radius 1 is 1.39 bits per heavy atom. The Labute approximate surface area is 104 Å². The average Bonchev–Trinajstić information content (AvgIpc) is 2.62. The van der Waals surface area contributed by atoms with Crippen LogP contribution in [0.3, 0.4) is 0 Å². The van der Waals surface area contributed by atoms with E-state index in [1.54, 1.807) is 11.8 Å². The van der Waals surface area contributed by atoms with Gasteiger partial charge in [0.15, 0.2) is 0 Å². The number of fused-ring (bicyclic) bond motifs is 1. The smallest absolute Gasteiger partial charge is 0.340 e. The number of carboxylic acid groups (broad SMARTS) is 1. The topological polar surface area (TPSA) is 79.5 Å². The highest BCUT2D eigenvalue weighted by atomic mass is 16.4. The van der Waals surface area contributed by atoms with Crippen molar-refractivity contribution in [2.24, 2.45) is 0 Å². The van der Waals surface area contributed by atoms with Crippen molar-refractivity contribution < 1.29 is 14.3 Å². The van der Waals surface area contributed by atoms with E-state index >= 15 is 0 Å². The molecular weight excluding hydrogens is 234 g/mol. The Morgan fingerprint density at radius 2 is 2.06 bits per heavy atom. The van der Waals surface area contributed by atoms with E-state index in [1.165, 1.54) is 0 Å². The molecule has 1 N–H and O–H groups in total. The number of hydrogen-bond acceptors (Lipinski definition) is 5. The van der Waals surface area contributed by atoms with Gasteiger partial charge < -0.3 is 14.4 Å². The fraction of sp³-hybridized carbons (Fsp3) is 0.417. The fourth-order valence-corrected chi connectivity index (χ4v) is 1.88. The predicted molar refractivity (Wildman–Crippen MR) is 67.2 cm³/mol. The molecule has 0 aliphatic heterocycles. The van der Waals surface area contributed by atoms with Crippen molar-refractivity contribution in [2.75, 3.05) is 19.0 Å². The monoisotopic (exact) mass is 249 g/mol. The summed E-state index contributed by atoms with van der Waals surface area (Å²) in [5, 5.41) is 9.71. The van der Waals surface area contributed by atoms with Crippen molar-refractivity contribution in [1.82, 2.24) is 9.97 Å². The molecular formula is C12H15N3O3. The lowest BCUT2D eigenvalue weighted by Crippen LogP contribution is -2.14. The number of carboxylic acids is 1. The van der Waals surface area contributed by atoms with Gasteiger partial charge in [0.2, 0.25) is 5.71 Å². The maximum Gasteiger partial charge on any atom is 0.340 e. The SMILES string of the molecule is CCc1nc(N(C)C)c2c(C(=O)O)c(C)oc2n1. The summed E-state index contributed by atoms with van der Waals surface area (Å²) in [7, 11) is 3.63. The minimum Gasteiger partial charge on any atom is -0.478 e. The highest BCUT2D eigenvalue weighted by Crippen LogP contribution is 2.31. The number of aromatic carboxylic acids is 1. The number of aromatic nitrogens is 2. The summed E-state index contributed by atoms with van der Waals surface area (Å²) < 4.78 is 5.44. The van der Waals surface area contributed by atoms with Crippen LogP contribution in [0, 0.1) is 6.92 Å². The van der Waals surface area contributed by atoms with Gasteiger partial charge in [0.25, 0.3) is 0 Å². The number of anilines is 1. The van der Waals surface area contributed by atoms with E-state index in [9.17, 15) is 9.90 Å². The van der Waals surface area contributed by atoms with Gasteiger partial charge in [-0.25, -0.2) is 9.78 Å². The molecule has 2 heterocycles. The minimum absolute atomic E-state index is 0.136. The van der Waals surface area contributed by atoms with Crippen molar-refractivity contribution in [3.05, 3.63) is 17.1 Å². The van der Waals surface area contributed by atoms with Crippen LogP contribution in [-0.2, 0) is 6.42 Å². The number of carbonyl (C=O) groups is 1. The molecule has 0 unspecified atom stereocenters. The fourth-order valence-electron chi connectivity index (χ4n) is 1.88. The predicted octanol–water partition coefficient (Wildman–Crippen LogP) is 1.86. The number of rotatable bonds is 3. The zero-order chi connectivity index (χ0) is 13.4. The minimum atomic E-state index is -1.03. The Balaban J connectivity index is 2.88. The summed E-state index contributed by atoms with van der Waals surface area (Å²) in [6, 6.07) is 0. The molecule has 0 aliphatic carbocycles. The summed E-state index contributed by atoms with van der Waals surface area (Å²) in [4.78, 5) is 21.7. The molecule has 0 aliphatic rings. The lowest BCUT2D eigenvalue weighted by Gasteiger charge is -2.13. The molecule has 2 rings (SSSR count). The van der Waals surface area contributed by atoms with Crippen molar-refractivity contribution in [1.29, 1.82) is 0 Å². The van der Waals surface area contributed by atoms with E-state index in [0.29, 0.717) is 34.9 Å². The molecule has 18 heavy (non-hydrogen) atoms. The second-order valence-electron chi connectivity index (χ2n) is 4.23. The first-order valence-electron chi connectivity index (χ1n) is 5.66. The third-order valence-electron chi connectivity index (χ3n) is 2.71. The number of furan rings is 1. The Bertz CT molecular complexity index is 617. The molecule has 2 aromatic heterocycles. The number of nitrogens with zero attached hydrogens (tertiary/aromatic N) is 3. The first-order chi connectivity index (χ1) is 8.45. The van der Waals surface area contributed by atoms with Crippen molar-refractivity contribution >= 4 is 22.9 Å². The van der Waals surface area contributed by atoms with E-state index in [4.69, 9.17) is 4.42 Å². The summed E-state index contributed by atoms with van der Waals surface area (Å²) >= 11 is 0. The van der Waals surface area contributed by atoms with Gasteiger partial charge in [0.05, 0.1) is 5.39 Å². The second kappa shape index (κ2) is 4.29. The Hall–Kier alpha value is -2.11. The molecule has 0 atom stereocenters. The number of aryl methyl sites for hydroxylation is 2. The highest BCUT2D eigenvalue weighted by Gasteiger charge is 2.23. The molecule has 6 nitrogen and oxygen atoms in total. The van der Waals surface area contributed by atoms with Crippen molar-refractivity contribution in [3.8, 4) is 0 Å². The number of hydrogen-bond donors (Lipinski definition) is 1. The Morgan fingerprint density at radius 3 is 2.56 bits per heavy atom. The maximum absolute atomic E-state index is 11.3. The van der Waals surface area contributed by atoms with Crippen LogP contribution >= 0.6 is 0 Å². The lowest BCUT2D eigenvalue weighted by atomic mass is 10.2. The van der Waals surface area contributed by atoms with Gasteiger partial charge in [-0.3, -0.25) is 0 Å². The summed E-state index contributed by atoms with van der Waals surface area (Å²) in [6.07, 6.45) is 0.666. The first kappa shape index (κ1) is 12.3. The first-order valence-corrected chi connectivity index (χ1v) is 5.66. The van der Waals surface area contributed by atoms with Crippen molar-refractivity contribution in [3.63, 3.8) is 0 Å². The van der Waals surface area contributed by atoms with Crippen LogP contribution in [0.4, 0.5) is 5.82 Å². The third-order valence-corrected chi connectivity index (χ3v) is 2.71. The van der Waals surface area contributed by atoms with Crippen LogP contribution < -0.4 is 4.90 Å². The Kier molecular flexibility index (Phi) is 2.94. The summed E-state index contributed by atoms with van der Waals surface area (Å²) in [5.74, 6) is 0.536. The quantitative estimate of drug-likeness (QED) is 0.894. The zero-order valence-electron chi connectivity index (χ0n) is 10.8. The van der Waals surface area contributed by atoms with Crippen molar-refractivity contribution in [2.45, 2.75) is 20.3 Å². The summed E-state index contributed by atoms with van der Waals surface area (Å²) in [5.41, 5.74) is 0.469. The van der Waals surface area contributed by atoms with Gasteiger partial charge in [0.1, 0.15) is 23.0 Å². The van der Waals surface area contributed by atoms with Gasteiger partial charge in [-0.1, -0.05) is 6.92 Å². The molecule has 0 saturated carbocycles. The molecule has 0 amide bonds.